The van der Waals surface area contributed by atoms with Gasteiger partial charge in [-0.1, -0.05) is 0 Å². The zero-order valence-corrected chi connectivity index (χ0v) is 6.87. The van der Waals surface area contributed by atoms with Gasteiger partial charge in [-0.3, -0.25) is 0 Å². The Morgan fingerprint density at radius 1 is 1.50 bits per heavy atom. The third kappa shape index (κ3) is 1.70. The number of anilines is 2. The summed E-state index contributed by atoms with van der Waals surface area (Å²) in [7, 11) is 0. The lowest BCUT2D eigenvalue weighted by Gasteiger charge is -2.06. The molecular weight excluding hydrogens is 196 g/mol. The van der Waals surface area contributed by atoms with Gasteiger partial charge in [0.15, 0.2) is 0 Å². The van der Waals surface area contributed by atoms with Crippen LogP contribution in [0.5, 0.6) is 0 Å². The van der Waals surface area contributed by atoms with Gasteiger partial charge in [0.1, 0.15) is 17.1 Å². The van der Waals surface area contributed by atoms with E-state index in [4.69, 9.17) is 16.6 Å². The smallest absolute Gasteiger partial charge is 0.341 e. The normalized spacial score (nSPS) is 10.5. The highest BCUT2D eigenvalue weighted by molar-refractivity contribution is 5.98. The summed E-state index contributed by atoms with van der Waals surface area (Å²) < 4.78 is 24.3. The molecule has 7 heteroatoms. The van der Waals surface area contributed by atoms with Crippen LogP contribution < -0.4 is 11.5 Å². The largest absolute Gasteiger partial charge is 0.477 e. The Bertz CT molecular complexity index is 358. The minimum Gasteiger partial charge on any atom is -0.477 e. The number of carboxylic acid groups (broad SMARTS) is 1. The maximum absolute atomic E-state index is 12.1. The van der Waals surface area contributed by atoms with Gasteiger partial charge < -0.3 is 16.6 Å². The van der Waals surface area contributed by atoms with Crippen LogP contribution in [0.4, 0.5) is 20.3 Å². The number of pyridine rings is 1. The van der Waals surface area contributed by atoms with E-state index in [9.17, 15) is 13.6 Å². The number of aromatic carboxylic acids is 1. The number of nitrogens with two attached hydrogens (primary N) is 2. The average Bonchev–Trinajstić information content (AvgIpc) is 2.01. The SMILES string of the molecule is Nc1cc(C(F)F)nc(N)c1C(=O)O. The molecule has 0 radical (unpaired) electrons. The number of nitrogens with zero attached hydrogens (tertiary/aromatic N) is 1. The fraction of sp³-hybridized carbons (Fsp3) is 0.143. The van der Waals surface area contributed by atoms with E-state index >= 15 is 0 Å². The van der Waals surface area contributed by atoms with E-state index in [-0.39, 0.29) is 5.69 Å². The highest BCUT2D eigenvalue weighted by Gasteiger charge is 2.18. The monoisotopic (exact) mass is 203 g/mol. The summed E-state index contributed by atoms with van der Waals surface area (Å²) in [4.78, 5) is 13.8. The molecule has 0 bridgehead atoms. The standard InChI is InChI=1S/C7H7F2N3O2/c8-5(9)3-1-2(10)4(7(13)14)6(11)12-3/h1,5H,(H,13,14)(H4,10,11,12). The highest BCUT2D eigenvalue weighted by Crippen LogP contribution is 2.24. The zero-order valence-electron chi connectivity index (χ0n) is 6.87. The average molecular weight is 203 g/mol. The summed E-state index contributed by atoms with van der Waals surface area (Å²) in [6.45, 7) is 0. The number of carbonyl (C=O) groups is 1. The van der Waals surface area contributed by atoms with Crippen molar-refractivity contribution in [1.29, 1.82) is 0 Å². The number of aromatic nitrogens is 1. The van der Waals surface area contributed by atoms with Gasteiger partial charge in [0.05, 0.1) is 5.69 Å². The van der Waals surface area contributed by atoms with Crippen molar-refractivity contribution in [3.05, 3.63) is 17.3 Å². The quantitative estimate of drug-likeness (QED) is 0.662. The summed E-state index contributed by atoms with van der Waals surface area (Å²) in [5.74, 6) is -1.90. The Morgan fingerprint density at radius 3 is 2.43 bits per heavy atom. The molecule has 14 heavy (non-hydrogen) atoms. The minimum atomic E-state index is -2.83. The lowest BCUT2D eigenvalue weighted by atomic mass is 10.2. The lowest BCUT2D eigenvalue weighted by Crippen LogP contribution is -2.10. The molecule has 76 valence electrons. The third-order valence-corrected chi connectivity index (χ3v) is 1.54. The first kappa shape index (κ1) is 10.2. The molecular formula is C7H7F2N3O2. The van der Waals surface area contributed by atoms with Crippen molar-refractivity contribution in [3.8, 4) is 0 Å². The van der Waals surface area contributed by atoms with Gasteiger partial charge in [-0.2, -0.15) is 0 Å². The van der Waals surface area contributed by atoms with Crippen molar-refractivity contribution < 1.29 is 18.7 Å². The zero-order chi connectivity index (χ0) is 10.9. The molecule has 1 heterocycles. The first-order chi connectivity index (χ1) is 6.43. The molecule has 0 saturated carbocycles. The Kier molecular flexibility index (Phi) is 2.50. The van der Waals surface area contributed by atoms with Crippen molar-refractivity contribution in [2.45, 2.75) is 6.43 Å². The molecule has 0 unspecified atom stereocenters. The number of alkyl halides is 2. The molecule has 1 aromatic rings. The summed E-state index contributed by atoms with van der Waals surface area (Å²) in [6, 6.07) is 0.796. The first-order valence-corrected chi connectivity index (χ1v) is 3.50. The second-order valence-corrected chi connectivity index (χ2v) is 2.50. The van der Waals surface area contributed by atoms with Crippen molar-refractivity contribution in [2.24, 2.45) is 0 Å². The topological polar surface area (TPSA) is 102 Å². The molecule has 0 atom stereocenters. The molecule has 0 aliphatic rings. The van der Waals surface area contributed by atoms with Crippen molar-refractivity contribution in [1.82, 2.24) is 4.98 Å². The highest BCUT2D eigenvalue weighted by atomic mass is 19.3. The van der Waals surface area contributed by atoms with Gasteiger partial charge in [0.25, 0.3) is 6.43 Å². The van der Waals surface area contributed by atoms with E-state index in [2.05, 4.69) is 4.98 Å². The van der Waals surface area contributed by atoms with Crippen LogP contribution in [0.25, 0.3) is 0 Å². The fourth-order valence-electron chi connectivity index (χ4n) is 0.951. The van der Waals surface area contributed by atoms with Gasteiger partial charge in [-0.25, -0.2) is 18.6 Å². The van der Waals surface area contributed by atoms with Crippen molar-refractivity contribution >= 4 is 17.5 Å². The molecule has 0 saturated heterocycles. The van der Waals surface area contributed by atoms with Crippen LogP contribution in [0.1, 0.15) is 22.5 Å². The summed E-state index contributed by atoms with van der Waals surface area (Å²) >= 11 is 0. The van der Waals surface area contributed by atoms with Gasteiger partial charge in [0.2, 0.25) is 0 Å². The van der Waals surface area contributed by atoms with E-state index in [0.717, 1.165) is 6.07 Å². The Balaban J connectivity index is 3.32. The van der Waals surface area contributed by atoms with E-state index in [0.29, 0.717) is 0 Å². The second kappa shape index (κ2) is 3.44. The predicted octanol–water partition coefficient (Wildman–Crippen LogP) is 0.882. The first-order valence-electron chi connectivity index (χ1n) is 3.50. The molecule has 1 rings (SSSR count). The molecule has 1 aromatic heterocycles. The number of carboxylic acids is 1. The summed E-state index contributed by atoms with van der Waals surface area (Å²) in [5, 5.41) is 8.59. The molecule has 0 fully saturated rings. The molecule has 0 aliphatic heterocycles. The number of hydrogen-bond acceptors (Lipinski definition) is 4. The Labute approximate surface area is 77.3 Å². The maximum atomic E-state index is 12.1. The van der Waals surface area contributed by atoms with Crippen LogP contribution in [0.2, 0.25) is 0 Å². The molecule has 5 N–H and O–H groups in total. The van der Waals surface area contributed by atoms with Crippen molar-refractivity contribution in [3.63, 3.8) is 0 Å². The van der Waals surface area contributed by atoms with Crippen LogP contribution in [0.15, 0.2) is 6.07 Å². The van der Waals surface area contributed by atoms with Gasteiger partial charge in [-0.05, 0) is 6.07 Å². The van der Waals surface area contributed by atoms with Crippen LogP contribution in [0.3, 0.4) is 0 Å². The van der Waals surface area contributed by atoms with Crippen LogP contribution in [0, 0.1) is 0 Å². The third-order valence-electron chi connectivity index (χ3n) is 1.54. The van der Waals surface area contributed by atoms with E-state index in [1.807, 2.05) is 0 Å². The van der Waals surface area contributed by atoms with Crippen LogP contribution in [-0.2, 0) is 0 Å². The lowest BCUT2D eigenvalue weighted by molar-refractivity contribution is 0.0698. The van der Waals surface area contributed by atoms with Gasteiger partial charge in [-0.15, -0.1) is 0 Å². The number of hydrogen-bond donors (Lipinski definition) is 3. The molecule has 0 spiro atoms. The molecule has 0 aliphatic carbocycles. The van der Waals surface area contributed by atoms with Gasteiger partial charge in [0, 0.05) is 0 Å². The van der Waals surface area contributed by atoms with E-state index < -0.39 is 29.5 Å². The van der Waals surface area contributed by atoms with E-state index in [1.54, 1.807) is 0 Å². The number of rotatable bonds is 2. The Hall–Kier alpha value is -1.92. The molecule has 5 nitrogen and oxygen atoms in total. The van der Waals surface area contributed by atoms with Crippen molar-refractivity contribution in [2.75, 3.05) is 11.5 Å². The van der Waals surface area contributed by atoms with Crippen LogP contribution >= 0.6 is 0 Å². The minimum absolute atomic E-state index is 0.319. The number of halogens is 2. The molecule has 0 amide bonds. The summed E-state index contributed by atoms with van der Waals surface area (Å²) in [6.07, 6.45) is -2.83. The Morgan fingerprint density at radius 2 is 2.07 bits per heavy atom. The predicted molar refractivity (Wildman–Crippen MR) is 45.0 cm³/mol. The maximum Gasteiger partial charge on any atom is 0.341 e. The number of nitrogen functional groups attached to an aromatic ring is 2. The van der Waals surface area contributed by atoms with Gasteiger partial charge >= 0.3 is 5.97 Å². The fourth-order valence-corrected chi connectivity index (χ4v) is 0.951. The summed E-state index contributed by atoms with van der Waals surface area (Å²) in [5.41, 5.74) is 8.98. The van der Waals surface area contributed by atoms with E-state index in [1.165, 1.54) is 0 Å². The van der Waals surface area contributed by atoms with Crippen LogP contribution in [-0.4, -0.2) is 16.1 Å². The molecule has 0 aromatic carbocycles. The second-order valence-electron chi connectivity index (χ2n) is 2.50.